The van der Waals surface area contributed by atoms with Crippen molar-refractivity contribution in [3.63, 3.8) is 0 Å². The summed E-state index contributed by atoms with van der Waals surface area (Å²) in [6.07, 6.45) is 0. The van der Waals surface area contributed by atoms with Crippen LogP contribution in [0.4, 0.5) is 13.2 Å². The third kappa shape index (κ3) is 4.37. The molecule has 0 unspecified atom stereocenters. The molecule has 0 amide bonds. The highest BCUT2D eigenvalue weighted by Gasteiger charge is 2.52. The van der Waals surface area contributed by atoms with Crippen molar-refractivity contribution >= 4 is 27.9 Å². The fourth-order valence-corrected chi connectivity index (χ4v) is 2.75. The monoisotopic (exact) mass is 385 g/mol. The van der Waals surface area contributed by atoms with E-state index in [2.05, 4.69) is 20.7 Å². The Balaban J connectivity index is 3.34. The van der Waals surface area contributed by atoms with E-state index < -0.39 is 23.9 Å². The van der Waals surface area contributed by atoms with Gasteiger partial charge >= 0.3 is 0 Å². The number of benzene rings is 1. The van der Waals surface area contributed by atoms with Crippen LogP contribution in [0, 0.1) is 5.82 Å². The van der Waals surface area contributed by atoms with Gasteiger partial charge in [0.1, 0.15) is 18.0 Å². The zero-order chi connectivity index (χ0) is 16.5. The van der Waals surface area contributed by atoms with Crippen molar-refractivity contribution in [2.24, 2.45) is 0 Å². The van der Waals surface area contributed by atoms with Gasteiger partial charge in [0.25, 0.3) is 5.92 Å². The second kappa shape index (κ2) is 6.48. The first-order valence-electron chi connectivity index (χ1n) is 6.32. The van der Waals surface area contributed by atoms with Gasteiger partial charge in [0, 0.05) is 14.8 Å². The summed E-state index contributed by atoms with van der Waals surface area (Å²) in [6, 6.07) is 3.86. The van der Waals surface area contributed by atoms with Gasteiger partial charge in [0.05, 0.1) is 0 Å². The van der Waals surface area contributed by atoms with Gasteiger partial charge < -0.3 is 5.11 Å². The molecule has 0 bridgehead atoms. The van der Waals surface area contributed by atoms with Gasteiger partial charge in [-0.1, -0.05) is 27.9 Å². The second-order valence-corrected chi connectivity index (χ2v) is 8.48. The van der Waals surface area contributed by atoms with Gasteiger partial charge in [-0.3, -0.25) is 0 Å². The van der Waals surface area contributed by atoms with Gasteiger partial charge in [-0.15, -0.1) is 0 Å². The highest BCUT2D eigenvalue weighted by molar-refractivity contribution is 9.10. The first-order chi connectivity index (χ1) is 9.43. The average molecular weight is 386 g/mol. The van der Waals surface area contributed by atoms with Crippen molar-refractivity contribution in [2.75, 3.05) is 6.61 Å². The summed E-state index contributed by atoms with van der Waals surface area (Å²) in [7, 11) is 0. The number of hydrogen-bond acceptors (Lipinski definition) is 3. The van der Waals surface area contributed by atoms with Crippen LogP contribution >= 0.6 is 27.9 Å². The third-order valence-corrected chi connectivity index (χ3v) is 4.57. The smallest absolute Gasteiger partial charge is 0.293 e. The average Bonchev–Trinajstić information content (AvgIpc) is 2.37. The van der Waals surface area contributed by atoms with Crippen molar-refractivity contribution in [1.29, 1.82) is 0 Å². The van der Waals surface area contributed by atoms with E-state index in [1.54, 1.807) is 0 Å². The van der Waals surface area contributed by atoms with Crippen molar-refractivity contribution in [3.05, 3.63) is 34.1 Å². The maximum absolute atomic E-state index is 14.3. The lowest BCUT2D eigenvalue weighted by Gasteiger charge is -2.39. The van der Waals surface area contributed by atoms with Crippen LogP contribution in [0.25, 0.3) is 0 Å². The molecule has 0 aliphatic carbocycles. The molecule has 1 aromatic carbocycles. The van der Waals surface area contributed by atoms with E-state index in [9.17, 15) is 13.2 Å². The molecular formula is C14H19BrF3NOS. The van der Waals surface area contributed by atoms with Crippen molar-refractivity contribution in [2.45, 2.75) is 43.9 Å². The summed E-state index contributed by atoms with van der Waals surface area (Å²) in [5, 5.41) is 9.05. The molecular weight excluding hydrogens is 367 g/mol. The van der Waals surface area contributed by atoms with Crippen molar-refractivity contribution < 1.29 is 18.3 Å². The number of rotatable bonds is 5. The zero-order valence-electron chi connectivity index (χ0n) is 12.3. The summed E-state index contributed by atoms with van der Waals surface area (Å²) in [5.74, 6) is -4.29. The highest BCUT2D eigenvalue weighted by Crippen LogP contribution is 2.42. The lowest BCUT2D eigenvalue weighted by atomic mass is 9.86. The first-order valence-corrected chi connectivity index (χ1v) is 7.93. The normalized spacial score (nSPS) is 15.9. The fourth-order valence-electron chi connectivity index (χ4n) is 1.62. The zero-order valence-corrected chi connectivity index (χ0v) is 14.7. The van der Waals surface area contributed by atoms with Gasteiger partial charge in [-0.25, -0.2) is 17.9 Å². The molecule has 0 fully saturated rings. The summed E-state index contributed by atoms with van der Waals surface area (Å²) in [6.45, 7) is 5.35. The van der Waals surface area contributed by atoms with E-state index >= 15 is 0 Å². The Morgan fingerprint density at radius 3 is 2.29 bits per heavy atom. The molecule has 0 spiro atoms. The minimum Gasteiger partial charge on any atom is -0.390 e. The Bertz CT molecular complexity index is 507. The van der Waals surface area contributed by atoms with Crippen LogP contribution < -0.4 is 4.72 Å². The number of halogens is 4. The molecule has 0 aromatic heterocycles. The lowest BCUT2D eigenvalue weighted by molar-refractivity contribution is -0.114. The largest absolute Gasteiger partial charge is 0.390 e. The molecule has 1 rings (SSSR count). The Labute approximate surface area is 135 Å². The fraction of sp³-hybridized carbons (Fsp3) is 0.571. The molecule has 2 nitrogen and oxygen atoms in total. The van der Waals surface area contributed by atoms with E-state index in [1.165, 1.54) is 19.1 Å². The van der Waals surface area contributed by atoms with Gasteiger partial charge in [-0.05, 0) is 45.9 Å². The Kier molecular flexibility index (Phi) is 5.80. The van der Waals surface area contributed by atoms with Crippen LogP contribution in [0.3, 0.4) is 0 Å². The van der Waals surface area contributed by atoms with E-state index in [1.807, 2.05) is 20.8 Å². The summed E-state index contributed by atoms with van der Waals surface area (Å²) in [4.78, 5) is 0. The maximum atomic E-state index is 14.3. The minimum absolute atomic E-state index is 0.201. The van der Waals surface area contributed by atoms with Crippen molar-refractivity contribution in [3.8, 4) is 0 Å². The van der Waals surface area contributed by atoms with Crippen LogP contribution in [-0.2, 0) is 5.54 Å². The van der Waals surface area contributed by atoms with Crippen LogP contribution in [0.2, 0.25) is 0 Å². The van der Waals surface area contributed by atoms with E-state index in [0.717, 1.165) is 18.0 Å². The maximum Gasteiger partial charge on any atom is 0.293 e. The number of aliphatic hydroxyl groups is 1. The number of nitrogens with one attached hydrogen (secondary N) is 1. The highest BCUT2D eigenvalue weighted by atomic mass is 79.9. The molecule has 21 heavy (non-hydrogen) atoms. The number of aliphatic hydroxyl groups excluding tert-OH is 1. The summed E-state index contributed by atoms with van der Waals surface area (Å²) in [5.41, 5.74) is -2.25. The minimum atomic E-state index is -3.53. The predicted octanol–water partition coefficient (Wildman–Crippen LogP) is 4.47. The Hall–Kier alpha value is -0.240. The van der Waals surface area contributed by atoms with Crippen LogP contribution in [0.5, 0.6) is 0 Å². The molecule has 120 valence electrons. The summed E-state index contributed by atoms with van der Waals surface area (Å²) < 4.78 is 45.4. The molecule has 1 atom stereocenters. The molecule has 0 saturated carbocycles. The summed E-state index contributed by atoms with van der Waals surface area (Å²) >= 11 is 4.23. The molecule has 0 aliphatic heterocycles. The van der Waals surface area contributed by atoms with Crippen LogP contribution in [0.15, 0.2) is 22.7 Å². The van der Waals surface area contributed by atoms with Gasteiger partial charge in [0.15, 0.2) is 0 Å². The van der Waals surface area contributed by atoms with E-state index in [4.69, 9.17) is 5.11 Å². The molecule has 1 aromatic rings. The second-order valence-electron chi connectivity index (χ2n) is 5.93. The number of hydrogen-bond donors (Lipinski definition) is 2. The van der Waals surface area contributed by atoms with Crippen LogP contribution in [-0.4, -0.2) is 22.4 Å². The third-order valence-electron chi connectivity index (χ3n) is 2.96. The molecule has 0 radical (unpaired) electrons. The number of alkyl halides is 2. The molecule has 7 heteroatoms. The topological polar surface area (TPSA) is 32.3 Å². The quantitative estimate of drug-likeness (QED) is 0.733. The standard InChI is InChI=1S/C14H19BrF3NOS/c1-12(2,3)21-19-13(4,14(17,18)8-20)10-7-9(15)5-6-11(10)16/h5-7,19-20H,8H2,1-4H3/t13-/m1/s1. The molecule has 2 N–H and O–H groups in total. The lowest BCUT2D eigenvalue weighted by Crippen LogP contribution is -2.54. The SMILES string of the molecule is CC(C)(C)SN[C@](C)(c1cc(Br)ccc1F)C(F)(F)CO. The van der Waals surface area contributed by atoms with E-state index in [0.29, 0.717) is 4.47 Å². The Morgan fingerprint density at radius 2 is 1.81 bits per heavy atom. The predicted molar refractivity (Wildman–Crippen MR) is 84.0 cm³/mol. The first kappa shape index (κ1) is 18.8. The van der Waals surface area contributed by atoms with Crippen molar-refractivity contribution in [1.82, 2.24) is 4.72 Å². The molecule has 0 saturated heterocycles. The van der Waals surface area contributed by atoms with Gasteiger partial charge in [-0.2, -0.15) is 0 Å². The van der Waals surface area contributed by atoms with E-state index in [-0.39, 0.29) is 10.3 Å². The molecule has 0 aliphatic rings. The van der Waals surface area contributed by atoms with Crippen LogP contribution in [0.1, 0.15) is 33.3 Å². The van der Waals surface area contributed by atoms with Gasteiger partial charge in [0.2, 0.25) is 0 Å². The Morgan fingerprint density at radius 1 is 1.24 bits per heavy atom. The molecule has 0 heterocycles.